The van der Waals surface area contributed by atoms with Crippen molar-refractivity contribution >= 4 is 30.1 Å². The molecule has 3 rings (SSSR count). The number of rotatable bonds is 3. The smallest absolute Gasteiger partial charge is 0.240 e. The molecular weight excluding hydrogens is 304 g/mol. The van der Waals surface area contributed by atoms with E-state index in [1.807, 2.05) is 24.5 Å². The van der Waals surface area contributed by atoms with E-state index in [1.54, 1.807) is 11.8 Å². The van der Waals surface area contributed by atoms with Gasteiger partial charge in [-0.25, -0.2) is 0 Å². The van der Waals surface area contributed by atoms with Gasteiger partial charge in [-0.15, -0.1) is 24.2 Å². The summed E-state index contributed by atoms with van der Waals surface area (Å²) < 4.78 is 0. The maximum atomic E-state index is 12.8. The lowest BCUT2D eigenvalue weighted by Crippen LogP contribution is -2.40. The van der Waals surface area contributed by atoms with Crippen LogP contribution in [0.5, 0.6) is 0 Å². The number of fused-ring (bicyclic) bond motifs is 2. The zero-order valence-electron chi connectivity index (χ0n) is 12.3. The first kappa shape index (κ1) is 16.7. The minimum absolute atomic E-state index is 0. The van der Waals surface area contributed by atoms with Crippen LogP contribution < -0.4 is 5.32 Å². The van der Waals surface area contributed by atoms with Crippen molar-refractivity contribution in [1.82, 2.24) is 10.2 Å². The lowest BCUT2D eigenvalue weighted by molar-refractivity contribution is -0.130. The van der Waals surface area contributed by atoms with Crippen LogP contribution >= 0.6 is 24.2 Å². The molecule has 2 aliphatic heterocycles. The van der Waals surface area contributed by atoms with Crippen molar-refractivity contribution in [2.75, 3.05) is 19.3 Å². The van der Waals surface area contributed by atoms with Crippen LogP contribution in [0.25, 0.3) is 0 Å². The van der Waals surface area contributed by atoms with E-state index in [2.05, 4.69) is 22.3 Å². The van der Waals surface area contributed by atoms with Crippen molar-refractivity contribution in [2.45, 2.75) is 36.6 Å². The number of halogens is 1. The van der Waals surface area contributed by atoms with Crippen LogP contribution in [0.2, 0.25) is 0 Å². The van der Waals surface area contributed by atoms with Crippen LogP contribution in [0.4, 0.5) is 0 Å². The minimum atomic E-state index is -0.0622. The largest absolute Gasteiger partial charge is 0.340 e. The molecule has 1 N–H and O–H groups in total. The summed E-state index contributed by atoms with van der Waals surface area (Å²) in [7, 11) is 0. The quantitative estimate of drug-likeness (QED) is 0.927. The second-order valence-electron chi connectivity index (χ2n) is 5.74. The zero-order valence-corrected chi connectivity index (χ0v) is 14.0. The van der Waals surface area contributed by atoms with Crippen LogP contribution in [-0.4, -0.2) is 42.2 Å². The molecule has 2 fully saturated rings. The molecule has 2 heterocycles. The zero-order chi connectivity index (χ0) is 13.9. The minimum Gasteiger partial charge on any atom is -0.340 e. The molecule has 1 aromatic carbocycles. The van der Waals surface area contributed by atoms with Crippen molar-refractivity contribution in [3.8, 4) is 0 Å². The third kappa shape index (κ3) is 3.74. The Balaban J connectivity index is 0.00000161. The fraction of sp³-hybridized carbons (Fsp3) is 0.562. The number of carbonyl (C=O) groups excluding carboxylic acids is 1. The maximum Gasteiger partial charge on any atom is 0.240 e. The van der Waals surface area contributed by atoms with Crippen molar-refractivity contribution in [3.05, 3.63) is 35.9 Å². The Morgan fingerprint density at radius 1 is 1.24 bits per heavy atom. The third-order valence-corrected chi connectivity index (χ3v) is 5.34. The number of hydrogen-bond donors (Lipinski definition) is 1. The Labute approximate surface area is 137 Å². The average molecular weight is 327 g/mol. The number of likely N-dealkylation sites (tertiary alicyclic amines) is 1. The summed E-state index contributed by atoms with van der Waals surface area (Å²) >= 11 is 1.64. The Morgan fingerprint density at radius 2 is 1.95 bits per heavy atom. The molecule has 2 bridgehead atoms. The summed E-state index contributed by atoms with van der Waals surface area (Å²) in [5, 5.41) is 3.57. The lowest BCUT2D eigenvalue weighted by atomic mass is 10.1. The molecule has 0 spiro atoms. The Hall–Kier alpha value is -0.710. The van der Waals surface area contributed by atoms with Crippen LogP contribution in [0.15, 0.2) is 30.3 Å². The van der Waals surface area contributed by atoms with E-state index in [4.69, 9.17) is 0 Å². The van der Waals surface area contributed by atoms with Crippen molar-refractivity contribution in [3.63, 3.8) is 0 Å². The van der Waals surface area contributed by atoms with Gasteiger partial charge in [-0.3, -0.25) is 4.79 Å². The SMILES string of the molecule is CSC(C(=O)N1CCC2CCC(C1)N2)c1ccccc1.Cl. The monoisotopic (exact) mass is 326 g/mol. The van der Waals surface area contributed by atoms with Gasteiger partial charge in [-0.2, -0.15) is 0 Å². The second-order valence-corrected chi connectivity index (χ2v) is 6.68. The van der Waals surface area contributed by atoms with Gasteiger partial charge >= 0.3 is 0 Å². The lowest BCUT2D eigenvalue weighted by Gasteiger charge is -2.28. The fourth-order valence-corrected chi connectivity index (χ4v) is 4.10. The Kier molecular flexibility index (Phi) is 5.97. The van der Waals surface area contributed by atoms with E-state index in [0.717, 1.165) is 25.1 Å². The summed E-state index contributed by atoms with van der Waals surface area (Å²) in [5.41, 5.74) is 1.12. The van der Waals surface area contributed by atoms with Gasteiger partial charge in [-0.05, 0) is 31.1 Å². The van der Waals surface area contributed by atoms with Gasteiger partial charge in [0, 0.05) is 25.2 Å². The number of carbonyl (C=O) groups is 1. The van der Waals surface area contributed by atoms with Gasteiger partial charge in [0.05, 0.1) is 0 Å². The molecule has 2 saturated heterocycles. The molecule has 0 aromatic heterocycles. The van der Waals surface area contributed by atoms with E-state index >= 15 is 0 Å². The highest BCUT2D eigenvalue weighted by Crippen LogP contribution is 2.30. The second kappa shape index (κ2) is 7.52. The number of thioether (sulfide) groups is 1. The van der Waals surface area contributed by atoms with Crippen LogP contribution in [0.1, 0.15) is 30.1 Å². The molecule has 0 aliphatic carbocycles. The molecule has 21 heavy (non-hydrogen) atoms. The van der Waals surface area contributed by atoms with E-state index in [0.29, 0.717) is 12.1 Å². The van der Waals surface area contributed by atoms with Gasteiger partial charge in [0.15, 0.2) is 0 Å². The number of nitrogens with one attached hydrogen (secondary N) is 1. The standard InChI is InChI=1S/C16H22N2OS.ClH/c1-20-15(12-5-3-2-4-6-12)16(19)18-10-9-13-7-8-14(11-18)17-13;/h2-6,13-15,17H,7-11H2,1H3;1H. The molecule has 116 valence electrons. The van der Waals surface area contributed by atoms with Crippen LogP contribution in [-0.2, 0) is 4.79 Å². The van der Waals surface area contributed by atoms with E-state index < -0.39 is 0 Å². The first-order valence-electron chi connectivity index (χ1n) is 7.40. The molecule has 3 unspecified atom stereocenters. The number of amides is 1. The molecule has 0 saturated carbocycles. The van der Waals surface area contributed by atoms with E-state index in [-0.39, 0.29) is 23.6 Å². The average Bonchev–Trinajstić information content (AvgIpc) is 2.80. The predicted molar refractivity (Wildman–Crippen MR) is 91.1 cm³/mol. The molecular formula is C16H23ClN2OS. The molecule has 3 nitrogen and oxygen atoms in total. The summed E-state index contributed by atoms with van der Waals surface area (Å²) in [6, 6.07) is 11.3. The van der Waals surface area contributed by atoms with Gasteiger partial charge in [-0.1, -0.05) is 30.3 Å². The summed E-state index contributed by atoms with van der Waals surface area (Å²) in [4.78, 5) is 14.9. The first-order chi connectivity index (χ1) is 9.78. The van der Waals surface area contributed by atoms with E-state index in [1.165, 1.54) is 12.8 Å². The normalized spacial score (nSPS) is 25.9. The van der Waals surface area contributed by atoms with Crippen LogP contribution in [0.3, 0.4) is 0 Å². The van der Waals surface area contributed by atoms with Gasteiger partial charge in [0.1, 0.15) is 5.25 Å². The number of hydrogen-bond acceptors (Lipinski definition) is 3. The maximum absolute atomic E-state index is 12.8. The molecule has 0 radical (unpaired) electrons. The fourth-order valence-electron chi connectivity index (χ4n) is 3.32. The third-order valence-electron chi connectivity index (χ3n) is 4.40. The van der Waals surface area contributed by atoms with Gasteiger partial charge < -0.3 is 10.2 Å². The van der Waals surface area contributed by atoms with Gasteiger partial charge in [0.25, 0.3) is 0 Å². The molecule has 2 aliphatic rings. The highest BCUT2D eigenvalue weighted by atomic mass is 35.5. The van der Waals surface area contributed by atoms with Crippen molar-refractivity contribution < 1.29 is 4.79 Å². The molecule has 3 atom stereocenters. The Morgan fingerprint density at radius 3 is 2.67 bits per heavy atom. The molecule has 1 aromatic rings. The van der Waals surface area contributed by atoms with E-state index in [9.17, 15) is 4.79 Å². The number of benzene rings is 1. The predicted octanol–water partition coefficient (Wildman–Crippen LogP) is 2.87. The number of nitrogens with zero attached hydrogens (tertiary/aromatic N) is 1. The highest BCUT2D eigenvalue weighted by molar-refractivity contribution is 7.99. The summed E-state index contributed by atoms with van der Waals surface area (Å²) in [6.45, 7) is 1.77. The van der Waals surface area contributed by atoms with Crippen LogP contribution in [0, 0.1) is 0 Å². The molecule has 5 heteroatoms. The topological polar surface area (TPSA) is 32.3 Å². The summed E-state index contributed by atoms with van der Waals surface area (Å²) in [5.74, 6) is 0.276. The highest BCUT2D eigenvalue weighted by Gasteiger charge is 2.33. The van der Waals surface area contributed by atoms with Crippen molar-refractivity contribution in [1.29, 1.82) is 0 Å². The summed E-state index contributed by atoms with van der Waals surface area (Å²) in [6.07, 6.45) is 5.61. The van der Waals surface area contributed by atoms with Crippen molar-refractivity contribution in [2.24, 2.45) is 0 Å². The molecule has 1 amide bonds. The van der Waals surface area contributed by atoms with Gasteiger partial charge in [0.2, 0.25) is 5.91 Å². The first-order valence-corrected chi connectivity index (χ1v) is 8.69. The Bertz CT molecular complexity index is 471.